The van der Waals surface area contributed by atoms with Crippen molar-refractivity contribution in [2.24, 2.45) is 0 Å². The maximum atomic E-state index is 5.79. The zero-order valence-corrected chi connectivity index (χ0v) is 9.68. The average molecular weight is 208 g/mol. The summed E-state index contributed by atoms with van der Waals surface area (Å²) in [5.41, 5.74) is 0.233. The van der Waals surface area contributed by atoms with E-state index in [1.165, 1.54) is 32.1 Å². The van der Waals surface area contributed by atoms with Crippen molar-refractivity contribution in [3.8, 4) is 0 Å². The Morgan fingerprint density at radius 3 is 2.80 bits per heavy atom. The van der Waals surface area contributed by atoms with Crippen LogP contribution in [0.25, 0.3) is 0 Å². The van der Waals surface area contributed by atoms with E-state index in [1.54, 1.807) is 0 Å². The molecule has 1 saturated carbocycles. The third-order valence-electron chi connectivity index (χ3n) is 3.43. The molecular weight excluding hydrogens is 188 g/mol. The third kappa shape index (κ3) is 2.23. The van der Waals surface area contributed by atoms with Crippen LogP contribution in [0.3, 0.4) is 0 Å². The van der Waals surface area contributed by atoms with Crippen molar-refractivity contribution in [2.75, 3.05) is 7.05 Å². The minimum Gasteiger partial charge on any atom is -0.444 e. The fraction of sp³-hybridized carbons (Fsp3) is 0.750. The van der Waals surface area contributed by atoms with Crippen LogP contribution in [-0.4, -0.2) is 12.0 Å². The second kappa shape index (κ2) is 4.35. The van der Waals surface area contributed by atoms with Crippen molar-refractivity contribution >= 4 is 0 Å². The summed E-state index contributed by atoms with van der Waals surface area (Å²) < 4.78 is 5.79. The molecule has 0 amide bonds. The van der Waals surface area contributed by atoms with Crippen LogP contribution < -0.4 is 5.32 Å². The van der Waals surface area contributed by atoms with Gasteiger partial charge in [0.2, 0.25) is 5.89 Å². The predicted molar refractivity (Wildman–Crippen MR) is 59.7 cm³/mol. The molecule has 1 N–H and O–H groups in total. The van der Waals surface area contributed by atoms with Crippen molar-refractivity contribution in [3.05, 3.63) is 17.8 Å². The highest BCUT2D eigenvalue weighted by Crippen LogP contribution is 2.39. The predicted octanol–water partition coefficient (Wildman–Crippen LogP) is 2.62. The molecule has 0 radical (unpaired) electrons. The highest BCUT2D eigenvalue weighted by Gasteiger charge is 2.32. The van der Waals surface area contributed by atoms with Crippen LogP contribution in [0, 0.1) is 0 Å². The lowest BCUT2D eigenvalue weighted by Gasteiger charge is -2.30. The first kappa shape index (κ1) is 10.7. The molecule has 0 aromatic carbocycles. The molecule has 0 saturated heterocycles. The average Bonchev–Trinajstić information content (AvgIpc) is 2.69. The van der Waals surface area contributed by atoms with Gasteiger partial charge in [0.05, 0.1) is 12.7 Å². The second-order valence-electron chi connectivity index (χ2n) is 4.77. The Hall–Kier alpha value is -0.830. The molecule has 15 heavy (non-hydrogen) atoms. The van der Waals surface area contributed by atoms with Gasteiger partial charge in [-0.05, 0) is 19.9 Å². The smallest absolute Gasteiger partial charge is 0.208 e. The molecule has 2 rings (SSSR count). The van der Waals surface area contributed by atoms with Gasteiger partial charge in [-0.1, -0.05) is 26.2 Å². The first-order valence-corrected chi connectivity index (χ1v) is 5.84. The zero-order chi connectivity index (χ0) is 10.7. The van der Waals surface area contributed by atoms with Gasteiger partial charge in [-0.25, -0.2) is 4.98 Å². The minimum atomic E-state index is 0.233. The van der Waals surface area contributed by atoms with E-state index in [4.69, 9.17) is 4.42 Å². The Balaban J connectivity index is 2.12. The monoisotopic (exact) mass is 208 g/mol. The van der Waals surface area contributed by atoms with Crippen molar-refractivity contribution < 1.29 is 4.42 Å². The molecule has 1 aliphatic rings. The van der Waals surface area contributed by atoms with Gasteiger partial charge in [0.25, 0.3) is 0 Å². The Kier molecular flexibility index (Phi) is 3.10. The van der Waals surface area contributed by atoms with Gasteiger partial charge >= 0.3 is 0 Å². The first-order valence-electron chi connectivity index (χ1n) is 5.84. The van der Waals surface area contributed by atoms with Crippen LogP contribution in [0.2, 0.25) is 0 Å². The summed E-state index contributed by atoms with van der Waals surface area (Å²) >= 11 is 0. The largest absolute Gasteiger partial charge is 0.444 e. The summed E-state index contributed by atoms with van der Waals surface area (Å²) in [7, 11) is 1.91. The SMILES string of the molecule is CNCc1ncc(C2(C)CCCCC2)o1. The summed E-state index contributed by atoms with van der Waals surface area (Å²) in [5.74, 6) is 1.88. The van der Waals surface area contributed by atoms with E-state index in [2.05, 4.69) is 17.2 Å². The van der Waals surface area contributed by atoms with Gasteiger partial charge in [-0.2, -0.15) is 0 Å². The maximum Gasteiger partial charge on any atom is 0.208 e. The summed E-state index contributed by atoms with van der Waals surface area (Å²) in [6, 6.07) is 0. The van der Waals surface area contributed by atoms with E-state index >= 15 is 0 Å². The van der Waals surface area contributed by atoms with Gasteiger partial charge in [0.15, 0.2) is 0 Å². The molecule has 1 aromatic heterocycles. The molecule has 0 unspecified atom stereocenters. The van der Waals surface area contributed by atoms with Crippen molar-refractivity contribution in [1.82, 2.24) is 10.3 Å². The second-order valence-corrected chi connectivity index (χ2v) is 4.77. The topological polar surface area (TPSA) is 38.1 Å². The van der Waals surface area contributed by atoms with Crippen molar-refractivity contribution in [1.29, 1.82) is 0 Å². The molecule has 84 valence electrons. The molecule has 1 aromatic rings. The molecule has 0 bridgehead atoms. The summed E-state index contributed by atoms with van der Waals surface area (Å²) in [6.45, 7) is 3.02. The quantitative estimate of drug-likeness (QED) is 0.829. The van der Waals surface area contributed by atoms with Crippen LogP contribution in [0.15, 0.2) is 10.6 Å². The van der Waals surface area contributed by atoms with E-state index in [0.717, 1.165) is 18.2 Å². The highest BCUT2D eigenvalue weighted by molar-refractivity contribution is 5.10. The number of nitrogens with zero attached hydrogens (tertiary/aromatic N) is 1. The van der Waals surface area contributed by atoms with Crippen molar-refractivity contribution in [2.45, 2.75) is 51.0 Å². The summed E-state index contributed by atoms with van der Waals surface area (Å²) in [4.78, 5) is 4.30. The Morgan fingerprint density at radius 1 is 1.40 bits per heavy atom. The number of hydrogen-bond donors (Lipinski definition) is 1. The van der Waals surface area contributed by atoms with Crippen LogP contribution in [0.5, 0.6) is 0 Å². The number of hydrogen-bond acceptors (Lipinski definition) is 3. The Bertz CT molecular complexity index is 313. The summed E-state index contributed by atoms with van der Waals surface area (Å²) in [5, 5.41) is 3.06. The molecule has 0 atom stereocenters. The molecule has 0 spiro atoms. The van der Waals surface area contributed by atoms with Crippen LogP contribution in [-0.2, 0) is 12.0 Å². The first-order chi connectivity index (χ1) is 7.24. The van der Waals surface area contributed by atoms with E-state index in [9.17, 15) is 0 Å². The third-order valence-corrected chi connectivity index (χ3v) is 3.43. The van der Waals surface area contributed by atoms with Crippen LogP contribution >= 0.6 is 0 Å². The maximum absolute atomic E-state index is 5.79. The van der Waals surface area contributed by atoms with Crippen molar-refractivity contribution in [3.63, 3.8) is 0 Å². The zero-order valence-electron chi connectivity index (χ0n) is 9.68. The van der Waals surface area contributed by atoms with Gasteiger partial charge in [-0.15, -0.1) is 0 Å². The van der Waals surface area contributed by atoms with E-state index in [0.29, 0.717) is 0 Å². The molecule has 1 aliphatic carbocycles. The molecule has 3 nitrogen and oxygen atoms in total. The Morgan fingerprint density at radius 2 is 2.13 bits per heavy atom. The number of oxazole rings is 1. The van der Waals surface area contributed by atoms with Gasteiger partial charge in [-0.3, -0.25) is 0 Å². The number of aromatic nitrogens is 1. The molecule has 0 aliphatic heterocycles. The lowest BCUT2D eigenvalue weighted by molar-refractivity contribution is 0.260. The molecule has 1 heterocycles. The van der Waals surface area contributed by atoms with Gasteiger partial charge in [0.1, 0.15) is 5.76 Å². The lowest BCUT2D eigenvalue weighted by Crippen LogP contribution is -2.24. The minimum absolute atomic E-state index is 0.233. The van der Waals surface area contributed by atoms with E-state index in [-0.39, 0.29) is 5.41 Å². The summed E-state index contributed by atoms with van der Waals surface area (Å²) in [6.07, 6.45) is 8.39. The highest BCUT2D eigenvalue weighted by atomic mass is 16.4. The van der Waals surface area contributed by atoms with Gasteiger partial charge < -0.3 is 9.73 Å². The standard InChI is InChI=1S/C12H20N2O/c1-12(6-4-3-5-7-12)10-8-14-11(15-10)9-13-2/h8,13H,3-7,9H2,1-2H3. The van der Waals surface area contributed by atoms with E-state index < -0.39 is 0 Å². The Labute approximate surface area is 91.3 Å². The molecule has 1 fully saturated rings. The molecular formula is C12H20N2O. The fourth-order valence-corrected chi connectivity index (χ4v) is 2.40. The molecule has 3 heteroatoms. The fourth-order valence-electron chi connectivity index (χ4n) is 2.40. The normalized spacial score (nSPS) is 20.4. The lowest BCUT2D eigenvalue weighted by atomic mass is 9.74. The number of rotatable bonds is 3. The van der Waals surface area contributed by atoms with Gasteiger partial charge in [0, 0.05) is 5.41 Å². The van der Waals surface area contributed by atoms with E-state index in [1.807, 2.05) is 13.2 Å². The number of nitrogens with one attached hydrogen (secondary N) is 1. The van der Waals surface area contributed by atoms with Crippen LogP contribution in [0.1, 0.15) is 50.7 Å². The van der Waals surface area contributed by atoms with Crippen LogP contribution in [0.4, 0.5) is 0 Å².